The van der Waals surface area contributed by atoms with E-state index in [2.05, 4.69) is 13.8 Å². The van der Waals surface area contributed by atoms with E-state index in [0.717, 1.165) is 12.8 Å². The SMILES string of the molecule is CCCCCC[C@@H](C)OP(O)O[C@H](C)CCCCCC. The molecular weight excluding hydrogens is 271 g/mol. The summed E-state index contributed by atoms with van der Waals surface area (Å²) in [5.41, 5.74) is 0. The summed E-state index contributed by atoms with van der Waals surface area (Å²) in [5, 5.41) is 0. The van der Waals surface area contributed by atoms with Gasteiger partial charge in [0.2, 0.25) is 0 Å². The Hall–Kier alpha value is 0.310. The first kappa shape index (κ1) is 20.3. The van der Waals surface area contributed by atoms with Crippen LogP contribution in [0.2, 0.25) is 0 Å². The Kier molecular flexibility index (Phi) is 14.5. The average Bonchev–Trinajstić information content (AvgIpc) is 2.39. The number of hydrogen-bond donors (Lipinski definition) is 1. The lowest BCUT2D eigenvalue weighted by molar-refractivity contribution is 0.114. The molecule has 3 nitrogen and oxygen atoms in total. The molecular formula is C16H35O3P. The summed E-state index contributed by atoms with van der Waals surface area (Å²) < 4.78 is 11.1. The largest absolute Gasteiger partial charge is 0.330 e. The standard InChI is InChI=1S/C16H35O3P/c1-5-7-9-11-13-15(3)18-20(17)19-16(4)14-12-10-8-6-2/h15-17H,5-14H2,1-4H3/t15-,16-/m1/s1. The Balaban J connectivity index is 3.56. The normalized spacial score (nSPS) is 14.7. The third-order valence-electron chi connectivity index (χ3n) is 3.47. The number of hydrogen-bond acceptors (Lipinski definition) is 3. The van der Waals surface area contributed by atoms with Crippen molar-refractivity contribution in [3.8, 4) is 0 Å². The molecule has 0 aromatic rings. The summed E-state index contributed by atoms with van der Waals surface area (Å²) in [5.74, 6) is 0. The Morgan fingerprint density at radius 1 is 0.750 bits per heavy atom. The fourth-order valence-electron chi connectivity index (χ4n) is 2.16. The van der Waals surface area contributed by atoms with Gasteiger partial charge in [0.05, 0.1) is 12.2 Å². The van der Waals surface area contributed by atoms with Crippen molar-refractivity contribution in [2.24, 2.45) is 0 Å². The predicted octanol–water partition coefficient (Wildman–Crippen LogP) is 5.96. The van der Waals surface area contributed by atoms with Gasteiger partial charge in [0.25, 0.3) is 0 Å². The molecule has 1 N–H and O–H groups in total. The quantitative estimate of drug-likeness (QED) is 0.318. The highest BCUT2D eigenvalue weighted by Crippen LogP contribution is 2.37. The first-order valence-electron chi connectivity index (χ1n) is 8.42. The smallest absolute Gasteiger partial charge is 0.328 e. The van der Waals surface area contributed by atoms with Crippen molar-refractivity contribution in [2.75, 3.05) is 0 Å². The molecule has 0 bridgehead atoms. The van der Waals surface area contributed by atoms with Crippen molar-refractivity contribution in [1.82, 2.24) is 0 Å². The van der Waals surface area contributed by atoms with E-state index in [1.165, 1.54) is 51.4 Å². The van der Waals surface area contributed by atoms with Crippen molar-refractivity contribution in [3.05, 3.63) is 0 Å². The van der Waals surface area contributed by atoms with Crippen LogP contribution in [0.5, 0.6) is 0 Å². The van der Waals surface area contributed by atoms with Gasteiger partial charge in [0.1, 0.15) is 0 Å². The van der Waals surface area contributed by atoms with E-state index in [1.54, 1.807) is 0 Å². The Bertz CT molecular complexity index is 182. The molecule has 0 aromatic heterocycles. The van der Waals surface area contributed by atoms with Crippen molar-refractivity contribution in [1.29, 1.82) is 0 Å². The third kappa shape index (κ3) is 13.3. The Labute approximate surface area is 127 Å². The van der Waals surface area contributed by atoms with Crippen LogP contribution in [-0.2, 0) is 9.05 Å². The van der Waals surface area contributed by atoms with Gasteiger partial charge in [-0.2, -0.15) is 0 Å². The lowest BCUT2D eigenvalue weighted by Gasteiger charge is -2.20. The highest BCUT2D eigenvalue weighted by molar-refractivity contribution is 7.40. The molecule has 0 aliphatic heterocycles. The van der Waals surface area contributed by atoms with E-state index < -0.39 is 8.60 Å². The van der Waals surface area contributed by atoms with Crippen molar-refractivity contribution < 1.29 is 13.9 Å². The molecule has 0 saturated carbocycles. The van der Waals surface area contributed by atoms with Gasteiger partial charge < -0.3 is 13.9 Å². The summed E-state index contributed by atoms with van der Waals surface area (Å²) in [6, 6.07) is 0. The number of unbranched alkanes of at least 4 members (excludes halogenated alkanes) is 6. The van der Waals surface area contributed by atoms with Gasteiger partial charge in [-0.25, -0.2) is 0 Å². The zero-order valence-electron chi connectivity index (χ0n) is 13.9. The minimum Gasteiger partial charge on any atom is -0.328 e. The topological polar surface area (TPSA) is 38.7 Å². The van der Waals surface area contributed by atoms with E-state index in [9.17, 15) is 4.89 Å². The molecule has 0 aliphatic carbocycles. The van der Waals surface area contributed by atoms with E-state index in [1.807, 2.05) is 13.8 Å². The van der Waals surface area contributed by atoms with Gasteiger partial charge in [-0.15, -0.1) is 0 Å². The van der Waals surface area contributed by atoms with Crippen LogP contribution in [0.4, 0.5) is 0 Å². The van der Waals surface area contributed by atoms with Gasteiger partial charge >= 0.3 is 8.60 Å². The lowest BCUT2D eigenvalue weighted by Crippen LogP contribution is -2.10. The molecule has 0 spiro atoms. The zero-order valence-corrected chi connectivity index (χ0v) is 14.8. The van der Waals surface area contributed by atoms with Crippen LogP contribution < -0.4 is 0 Å². The van der Waals surface area contributed by atoms with E-state index >= 15 is 0 Å². The average molecular weight is 306 g/mol. The lowest BCUT2D eigenvalue weighted by atomic mass is 10.1. The Morgan fingerprint density at radius 2 is 1.15 bits per heavy atom. The maximum Gasteiger partial charge on any atom is 0.330 e. The highest BCUT2D eigenvalue weighted by atomic mass is 31.2. The second-order valence-electron chi connectivity index (χ2n) is 5.77. The molecule has 122 valence electrons. The fraction of sp³-hybridized carbons (Fsp3) is 1.00. The van der Waals surface area contributed by atoms with Crippen LogP contribution in [-0.4, -0.2) is 17.1 Å². The molecule has 2 atom stereocenters. The molecule has 4 heteroatoms. The molecule has 0 rings (SSSR count). The van der Waals surface area contributed by atoms with Crippen molar-refractivity contribution in [3.63, 3.8) is 0 Å². The second-order valence-corrected chi connectivity index (χ2v) is 6.67. The van der Waals surface area contributed by atoms with Gasteiger partial charge in [-0.1, -0.05) is 65.2 Å². The van der Waals surface area contributed by atoms with E-state index in [4.69, 9.17) is 9.05 Å². The molecule has 0 heterocycles. The minimum absolute atomic E-state index is 0.0928. The number of rotatable bonds is 14. The summed E-state index contributed by atoms with van der Waals surface area (Å²) >= 11 is 0. The maximum absolute atomic E-state index is 9.82. The first-order chi connectivity index (χ1) is 9.60. The van der Waals surface area contributed by atoms with E-state index in [-0.39, 0.29) is 12.2 Å². The van der Waals surface area contributed by atoms with Gasteiger partial charge in [-0.05, 0) is 26.7 Å². The summed E-state index contributed by atoms with van der Waals surface area (Å²) in [7, 11) is -1.71. The summed E-state index contributed by atoms with van der Waals surface area (Å²) in [6.07, 6.45) is 12.1. The molecule has 20 heavy (non-hydrogen) atoms. The van der Waals surface area contributed by atoms with Crippen LogP contribution in [0.1, 0.15) is 91.9 Å². The molecule has 0 aromatic carbocycles. The van der Waals surface area contributed by atoms with Crippen LogP contribution in [0.15, 0.2) is 0 Å². The van der Waals surface area contributed by atoms with Crippen LogP contribution in [0.25, 0.3) is 0 Å². The molecule has 0 aliphatic rings. The first-order valence-corrected chi connectivity index (χ1v) is 9.55. The predicted molar refractivity (Wildman–Crippen MR) is 87.8 cm³/mol. The van der Waals surface area contributed by atoms with Crippen LogP contribution in [0, 0.1) is 0 Å². The summed E-state index contributed by atoms with van der Waals surface area (Å²) in [6.45, 7) is 8.46. The molecule has 0 radical (unpaired) electrons. The zero-order chi connectivity index (χ0) is 15.2. The second kappa shape index (κ2) is 14.3. The molecule has 0 fully saturated rings. The maximum atomic E-state index is 9.82. The van der Waals surface area contributed by atoms with Crippen LogP contribution in [0.3, 0.4) is 0 Å². The van der Waals surface area contributed by atoms with Crippen molar-refractivity contribution in [2.45, 2.75) is 104 Å². The third-order valence-corrected chi connectivity index (χ3v) is 4.55. The van der Waals surface area contributed by atoms with Crippen molar-refractivity contribution >= 4 is 8.60 Å². The Morgan fingerprint density at radius 3 is 1.50 bits per heavy atom. The molecule has 0 unspecified atom stereocenters. The fourth-order valence-corrected chi connectivity index (χ4v) is 3.03. The summed E-state index contributed by atoms with van der Waals surface area (Å²) in [4.78, 5) is 9.82. The molecule has 0 amide bonds. The highest BCUT2D eigenvalue weighted by Gasteiger charge is 2.15. The monoisotopic (exact) mass is 306 g/mol. The van der Waals surface area contributed by atoms with Gasteiger partial charge in [0.15, 0.2) is 0 Å². The molecule has 0 saturated heterocycles. The van der Waals surface area contributed by atoms with E-state index in [0.29, 0.717) is 0 Å². The van der Waals surface area contributed by atoms with Crippen LogP contribution >= 0.6 is 8.60 Å². The minimum atomic E-state index is -1.71. The van der Waals surface area contributed by atoms with Gasteiger partial charge in [-0.3, -0.25) is 0 Å². The van der Waals surface area contributed by atoms with Gasteiger partial charge in [0, 0.05) is 0 Å².